The van der Waals surface area contributed by atoms with Crippen LogP contribution in [0.5, 0.6) is 0 Å². The molecule has 2 amide bonds. The fraction of sp³-hybridized carbons (Fsp3) is 0.733. The van der Waals surface area contributed by atoms with Crippen LogP contribution in [-0.4, -0.2) is 86.1 Å². The summed E-state index contributed by atoms with van der Waals surface area (Å²) in [6, 6.07) is -0.241. The first-order valence-corrected chi connectivity index (χ1v) is 14.3. The molecule has 0 radical (unpaired) electrons. The van der Waals surface area contributed by atoms with Gasteiger partial charge in [-0.2, -0.15) is 0 Å². The van der Waals surface area contributed by atoms with Crippen LogP contribution in [0.2, 0.25) is 0 Å². The van der Waals surface area contributed by atoms with Gasteiger partial charge in [0.15, 0.2) is 6.29 Å². The maximum Gasteiger partial charge on any atom is 0.410 e. The zero-order chi connectivity index (χ0) is 28.5. The molecule has 3 unspecified atom stereocenters. The van der Waals surface area contributed by atoms with Crippen molar-refractivity contribution in [2.24, 2.45) is 0 Å². The molecule has 3 atom stereocenters. The summed E-state index contributed by atoms with van der Waals surface area (Å²) in [4.78, 5) is 26.0. The number of carbonyl (C=O) groups excluding carboxylic acids is 2. The monoisotopic (exact) mass is 548 g/mol. The van der Waals surface area contributed by atoms with Gasteiger partial charge in [0.2, 0.25) is 5.91 Å². The average Bonchev–Trinajstić information content (AvgIpc) is 3.62. The molecule has 3 aliphatic heterocycles. The van der Waals surface area contributed by atoms with Crippen LogP contribution >= 0.6 is 0 Å². The Morgan fingerprint density at radius 2 is 1.90 bits per heavy atom. The van der Waals surface area contributed by atoms with Gasteiger partial charge in [-0.05, 0) is 40.2 Å². The standard InChI is InChI=1S/C30H48N2O7/c1-7-8-9-16-32(6)28(34)38-23(3)12-14-26(33)31-24-18-35-27(36-19-24)15-11-22(2)10-13-25-17-30(21-37-30)20-29(4,5)39-25/h10-14,23-25,27H,7-9,15-21H2,1-6H3,(H,31,33). The normalized spacial score (nSPS) is 29.5. The fourth-order valence-electron chi connectivity index (χ4n) is 4.96. The number of rotatable bonds is 12. The number of unbranched alkanes of at least 4 members (excludes halogenated alkanes) is 2. The smallest absolute Gasteiger partial charge is 0.410 e. The maximum absolute atomic E-state index is 12.3. The summed E-state index contributed by atoms with van der Waals surface area (Å²) >= 11 is 0. The summed E-state index contributed by atoms with van der Waals surface area (Å²) < 4.78 is 28.9. The molecule has 0 bridgehead atoms. The highest BCUT2D eigenvalue weighted by Gasteiger charge is 2.53. The van der Waals surface area contributed by atoms with Crippen molar-refractivity contribution in [2.45, 2.75) is 109 Å². The Morgan fingerprint density at radius 3 is 2.56 bits per heavy atom. The minimum absolute atomic E-state index is 0.00948. The highest BCUT2D eigenvalue weighted by Crippen LogP contribution is 2.46. The zero-order valence-electron chi connectivity index (χ0n) is 24.6. The second kappa shape index (κ2) is 14.4. The Labute approximate surface area is 233 Å². The van der Waals surface area contributed by atoms with Crippen LogP contribution in [0.4, 0.5) is 4.79 Å². The average molecular weight is 549 g/mol. The van der Waals surface area contributed by atoms with E-state index in [0.29, 0.717) is 26.2 Å². The summed E-state index contributed by atoms with van der Waals surface area (Å²) in [5, 5.41) is 2.87. The van der Waals surface area contributed by atoms with E-state index in [2.05, 4.69) is 51.2 Å². The number of nitrogens with zero attached hydrogens (tertiary/aromatic N) is 1. The van der Waals surface area contributed by atoms with Crippen LogP contribution in [0.25, 0.3) is 0 Å². The number of allylic oxidation sites excluding steroid dienone is 2. The van der Waals surface area contributed by atoms with E-state index in [4.69, 9.17) is 23.7 Å². The van der Waals surface area contributed by atoms with Gasteiger partial charge in [-0.15, -0.1) is 0 Å². The van der Waals surface area contributed by atoms with Crippen molar-refractivity contribution in [2.75, 3.05) is 33.4 Å². The summed E-state index contributed by atoms with van der Waals surface area (Å²) in [5.41, 5.74) is 0.945. The number of epoxide rings is 1. The van der Waals surface area contributed by atoms with Crippen molar-refractivity contribution >= 4 is 12.0 Å². The first kappa shape index (κ1) is 31.3. The lowest BCUT2D eigenvalue weighted by Crippen LogP contribution is -2.46. The quantitative estimate of drug-likeness (QED) is 0.164. The molecule has 3 heterocycles. The molecule has 3 aliphatic rings. The summed E-state index contributed by atoms with van der Waals surface area (Å²) in [6.45, 7) is 12.4. The highest BCUT2D eigenvalue weighted by molar-refractivity contribution is 5.87. The molecule has 9 nitrogen and oxygen atoms in total. The van der Waals surface area contributed by atoms with Gasteiger partial charge in [-0.1, -0.05) is 43.6 Å². The van der Waals surface area contributed by atoms with E-state index in [-0.39, 0.29) is 35.5 Å². The van der Waals surface area contributed by atoms with E-state index in [1.54, 1.807) is 24.9 Å². The van der Waals surface area contributed by atoms with Crippen molar-refractivity contribution < 1.29 is 33.3 Å². The minimum Gasteiger partial charge on any atom is -0.442 e. The lowest BCUT2D eigenvalue weighted by molar-refractivity contribution is -0.187. The Hall–Kier alpha value is -2.20. The molecule has 3 saturated heterocycles. The van der Waals surface area contributed by atoms with E-state index in [1.807, 2.05) is 0 Å². The van der Waals surface area contributed by atoms with Gasteiger partial charge in [0.1, 0.15) is 6.10 Å². The third-order valence-electron chi connectivity index (χ3n) is 7.08. The Bertz CT molecular complexity index is 895. The molecule has 0 aliphatic carbocycles. The first-order valence-electron chi connectivity index (χ1n) is 14.3. The van der Waals surface area contributed by atoms with E-state index in [0.717, 1.165) is 44.3 Å². The number of nitrogens with one attached hydrogen (secondary N) is 1. The molecule has 0 saturated carbocycles. The Morgan fingerprint density at radius 1 is 1.18 bits per heavy atom. The molecule has 3 fully saturated rings. The summed E-state index contributed by atoms with van der Waals surface area (Å²) in [5.74, 6) is -0.280. The van der Waals surface area contributed by atoms with Gasteiger partial charge in [-0.3, -0.25) is 4.79 Å². The van der Waals surface area contributed by atoms with Crippen molar-refractivity contribution in [3.8, 4) is 0 Å². The molecule has 0 aromatic heterocycles. The van der Waals surface area contributed by atoms with Gasteiger partial charge < -0.3 is 33.9 Å². The largest absolute Gasteiger partial charge is 0.442 e. The first-order chi connectivity index (χ1) is 18.5. The second-order valence-corrected chi connectivity index (χ2v) is 11.7. The predicted octanol–water partition coefficient (Wildman–Crippen LogP) is 4.67. The third-order valence-corrected chi connectivity index (χ3v) is 7.08. The molecular formula is C30H48N2O7. The number of carbonyl (C=O) groups is 2. The molecule has 9 heteroatoms. The molecule has 220 valence electrons. The topological polar surface area (TPSA) is 98.9 Å². The zero-order valence-corrected chi connectivity index (χ0v) is 24.6. The van der Waals surface area contributed by atoms with Gasteiger partial charge in [0, 0.05) is 38.9 Å². The van der Waals surface area contributed by atoms with Crippen molar-refractivity contribution in [1.29, 1.82) is 0 Å². The van der Waals surface area contributed by atoms with Crippen molar-refractivity contribution in [3.05, 3.63) is 36.0 Å². The van der Waals surface area contributed by atoms with Gasteiger partial charge in [0.05, 0.1) is 43.2 Å². The fourth-order valence-corrected chi connectivity index (χ4v) is 4.96. The second-order valence-electron chi connectivity index (χ2n) is 11.7. The minimum atomic E-state index is -0.511. The Kier molecular flexibility index (Phi) is 11.6. The number of hydrogen-bond donors (Lipinski definition) is 1. The van der Waals surface area contributed by atoms with Gasteiger partial charge in [0.25, 0.3) is 0 Å². The third kappa shape index (κ3) is 11.1. The van der Waals surface area contributed by atoms with E-state index >= 15 is 0 Å². The van der Waals surface area contributed by atoms with Crippen molar-refractivity contribution in [1.82, 2.24) is 10.2 Å². The molecule has 39 heavy (non-hydrogen) atoms. The number of hydrogen-bond acceptors (Lipinski definition) is 7. The molecule has 1 N–H and O–H groups in total. The number of amides is 2. The van der Waals surface area contributed by atoms with Crippen LogP contribution < -0.4 is 5.32 Å². The lowest BCUT2D eigenvalue weighted by Gasteiger charge is -2.38. The predicted molar refractivity (Wildman–Crippen MR) is 149 cm³/mol. The van der Waals surface area contributed by atoms with Crippen LogP contribution in [0.3, 0.4) is 0 Å². The summed E-state index contributed by atoms with van der Waals surface area (Å²) in [6.07, 6.45) is 13.6. The van der Waals surface area contributed by atoms with E-state index in [9.17, 15) is 9.59 Å². The number of ether oxygens (including phenoxy) is 5. The molecular weight excluding hydrogens is 500 g/mol. The SMILES string of the molecule is CCCCCN(C)C(=O)OC(C)C=CC(=O)NC1COC(CC=C(C)C=CC2CC3(CO3)CC(C)(C)O2)OC1. The maximum atomic E-state index is 12.3. The van der Waals surface area contributed by atoms with Gasteiger partial charge in [-0.25, -0.2) is 4.79 Å². The van der Waals surface area contributed by atoms with E-state index < -0.39 is 12.2 Å². The van der Waals surface area contributed by atoms with Gasteiger partial charge >= 0.3 is 6.09 Å². The van der Waals surface area contributed by atoms with E-state index in [1.165, 1.54) is 6.08 Å². The lowest BCUT2D eigenvalue weighted by atomic mass is 9.85. The van der Waals surface area contributed by atoms with Crippen molar-refractivity contribution in [3.63, 3.8) is 0 Å². The molecule has 1 spiro atoms. The highest BCUT2D eigenvalue weighted by atomic mass is 16.7. The summed E-state index contributed by atoms with van der Waals surface area (Å²) in [7, 11) is 1.72. The Balaban J connectivity index is 1.32. The molecule has 3 rings (SSSR count). The van der Waals surface area contributed by atoms with Crippen LogP contribution in [-0.2, 0) is 28.5 Å². The molecule has 0 aromatic rings. The van der Waals surface area contributed by atoms with Crippen LogP contribution in [0.15, 0.2) is 36.0 Å². The molecule has 0 aromatic carbocycles. The van der Waals surface area contributed by atoms with Crippen LogP contribution in [0, 0.1) is 0 Å². The van der Waals surface area contributed by atoms with Crippen LogP contribution in [0.1, 0.15) is 73.1 Å².